The maximum atomic E-state index is 13.0. The predicted molar refractivity (Wildman–Crippen MR) is 115 cm³/mol. The van der Waals surface area contributed by atoms with Gasteiger partial charge >= 0.3 is 0 Å². The molecule has 0 saturated carbocycles. The van der Waals surface area contributed by atoms with Gasteiger partial charge in [0, 0.05) is 6.07 Å². The Morgan fingerprint density at radius 2 is 1.89 bits per heavy atom. The molecule has 140 valence electrons. The highest BCUT2D eigenvalue weighted by Crippen LogP contribution is 2.41. The second-order valence-electron chi connectivity index (χ2n) is 5.84. The lowest BCUT2D eigenvalue weighted by atomic mass is 10.2. The first-order chi connectivity index (χ1) is 13.6. The SMILES string of the molecule is COc1ccc(N2C(=O)C(=Cc3cnc4ccccc4n3)SC2=S)c(OC)c1. The number of aromatic nitrogens is 2. The molecule has 0 unspecified atom stereocenters. The highest BCUT2D eigenvalue weighted by Gasteiger charge is 2.35. The monoisotopic (exact) mass is 409 g/mol. The summed E-state index contributed by atoms with van der Waals surface area (Å²) in [5.74, 6) is 0.906. The number of hydrogen-bond donors (Lipinski definition) is 0. The Bertz CT molecular complexity index is 1130. The van der Waals surface area contributed by atoms with Crippen LogP contribution in [0.4, 0.5) is 5.69 Å². The molecule has 1 aliphatic heterocycles. The second kappa shape index (κ2) is 7.57. The van der Waals surface area contributed by atoms with Gasteiger partial charge < -0.3 is 9.47 Å². The number of hydrogen-bond acceptors (Lipinski definition) is 7. The van der Waals surface area contributed by atoms with Gasteiger partial charge in [0.1, 0.15) is 11.5 Å². The molecule has 0 atom stereocenters. The van der Waals surface area contributed by atoms with E-state index in [-0.39, 0.29) is 5.91 Å². The van der Waals surface area contributed by atoms with Crippen molar-refractivity contribution in [1.82, 2.24) is 9.97 Å². The van der Waals surface area contributed by atoms with Gasteiger partial charge in [0.05, 0.1) is 47.7 Å². The largest absolute Gasteiger partial charge is 0.497 e. The zero-order valence-corrected chi connectivity index (χ0v) is 16.7. The van der Waals surface area contributed by atoms with E-state index in [4.69, 9.17) is 21.7 Å². The number of carbonyl (C=O) groups excluding carboxylic acids is 1. The Balaban J connectivity index is 1.69. The Kier molecular flexibility index (Phi) is 4.97. The van der Waals surface area contributed by atoms with E-state index in [0.717, 1.165) is 11.0 Å². The molecule has 1 amide bonds. The molecule has 1 saturated heterocycles. The normalized spacial score (nSPS) is 15.5. The van der Waals surface area contributed by atoms with Crippen LogP contribution in [-0.4, -0.2) is 34.4 Å². The highest BCUT2D eigenvalue weighted by atomic mass is 32.2. The van der Waals surface area contributed by atoms with Crippen molar-refractivity contribution < 1.29 is 14.3 Å². The molecular weight excluding hydrogens is 394 g/mol. The minimum absolute atomic E-state index is 0.228. The number of rotatable bonds is 4. The minimum atomic E-state index is -0.228. The third-order valence-electron chi connectivity index (χ3n) is 4.17. The van der Waals surface area contributed by atoms with Crippen molar-refractivity contribution in [2.24, 2.45) is 0 Å². The van der Waals surface area contributed by atoms with E-state index in [1.807, 2.05) is 24.3 Å². The summed E-state index contributed by atoms with van der Waals surface area (Å²) in [5, 5.41) is 0. The fourth-order valence-electron chi connectivity index (χ4n) is 2.82. The number of nitrogens with zero attached hydrogens (tertiary/aromatic N) is 3. The van der Waals surface area contributed by atoms with Crippen LogP contribution in [0.15, 0.2) is 53.6 Å². The Hall–Kier alpha value is -2.97. The van der Waals surface area contributed by atoms with Crippen LogP contribution < -0.4 is 14.4 Å². The average molecular weight is 409 g/mol. The Labute approximate surface area is 171 Å². The number of fused-ring (bicyclic) bond motifs is 1. The molecule has 2 aromatic carbocycles. The molecule has 0 bridgehead atoms. The molecule has 3 aromatic rings. The summed E-state index contributed by atoms with van der Waals surface area (Å²) < 4.78 is 11.1. The number of thiocarbonyl (C=S) groups is 1. The highest BCUT2D eigenvalue weighted by molar-refractivity contribution is 8.27. The number of ether oxygens (including phenoxy) is 2. The quantitative estimate of drug-likeness (QED) is 0.476. The number of benzene rings is 2. The number of thioether (sulfide) groups is 1. The zero-order valence-electron chi connectivity index (χ0n) is 15.1. The van der Waals surface area contributed by atoms with Crippen LogP contribution in [0.25, 0.3) is 17.1 Å². The van der Waals surface area contributed by atoms with Gasteiger partial charge in [-0.1, -0.05) is 36.1 Å². The maximum absolute atomic E-state index is 13.0. The smallest absolute Gasteiger partial charge is 0.270 e. The molecule has 1 aromatic heterocycles. The molecule has 0 N–H and O–H groups in total. The standard InChI is InChI=1S/C20H15N3O3S2/c1-25-13-7-8-16(17(10-13)26-2)23-19(24)18(28-20(23)27)9-12-11-21-14-5-3-4-6-15(14)22-12/h3-11H,1-2H3. The van der Waals surface area contributed by atoms with Crippen molar-refractivity contribution in [3.8, 4) is 11.5 Å². The minimum Gasteiger partial charge on any atom is -0.497 e. The lowest BCUT2D eigenvalue weighted by molar-refractivity contribution is -0.113. The fourth-order valence-corrected chi connectivity index (χ4v) is 4.09. The first kappa shape index (κ1) is 18.4. The van der Waals surface area contributed by atoms with Crippen LogP contribution in [-0.2, 0) is 4.79 Å². The summed E-state index contributed by atoms with van der Waals surface area (Å²) in [5.41, 5.74) is 2.73. The van der Waals surface area contributed by atoms with Crippen LogP contribution in [0.1, 0.15) is 5.69 Å². The molecule has 4 rings (SSSR count). The summed E-state index contributed by atoms with van der Waals surface area (Å²) in [7, 11) is 3.11. The molecule has 2 heterocycles. The van der Waals surface area contributed by atoms with Gasteiger partial charge in [-0.3, -0.25) is 14.7 Å². The van der Waals surface area contributed by atoms with Crippen molar-refractivity contribution in [2.75, 3.05) is 19.1 Å². The first-order valence-electron chi connectivity index (χ1n) is 8.32. The topological polar surface area (TPSA) is 64.5 Å². The number of carbonyl (C=O) groups is 1. The summed E-state index contributed by atoms with van der Waals surface area (Å²) in [4.78, 5) is 23.9. The summed E-state index contributed by atoms with van der Waals surface area (Å²) >= 11 is 6.66. The zero-order chi connectivity index (χ0) is 19.7. The number of methoxy groups -OCH3 is 2. The molecule has 1 aliphatic rings. The van der Waals surface area contributed by atoms with E-state index in [2.05, 4.69) is 9.97 Å². The van der Waals surface area contributed by atoms with Crippen LogP contribution in [0.5, 0.6) is 11.5 Å². The van der Waals surface area contributed by atoms with Gasteiger partial charge in [-0.15, -0.1) is 0 Å². The van der Waals surface area contributed by atoms with E-state index in [9.17, 15) is 4.79 Å². The lowest BCUT2D eigenvalue weighted by Gasteiger charge is -2.18. The molecule has 0 aliphatic carbocycles. The summed E-state index contributed by atoms with van der Waals surface area (Å²) in [6.45, 7) is 0. The molecule has 1 fully saturated rings. The molecular formula is C20H15N3O3S2. The van der Waals surface area contributed by atoms with E-state index < -0.39 is 0 Å². The predicted octanol–water partition coefficient (Wildman–Crippen LogP) is 4.05. The van der Waals surface area contributed by atoms with Crippen molar-refractivity contribution in [3.05, 3.63) is 59.3 Å². The Morgan fingerprint density at radius 1 is 1.11 bits per heavy atom. The van der Waals surface area contributed by atoms with Crippen LogP contribution in [0.3, 0.4) is 0 Å². The van der Waals surface area contributed by atoms with Gasteiger partial charge in [-0.25, -0.2) is 4.98 Å². The van der Waals surface area contributed by atoms with Crippen molar-refractivity contribution in [2.45, 2.75) is 0 Å². The van der Waals surface area contributed by atoms with E-state index in [1.54, 1.807) is 37.6 Å². The summed E-state index contributed by atoms with van der Waals surface area (Å²) in [6, 6.07) is 12.8. The molecule has 28 heavy (non-hydrogen) atoms. The third-order valence-corrected chi connectivity index (χ3v) is 5.47. The number of amides is 1. The van der Waals surface area contributed by atoms with Gasteiger partial charge in [-0.2, -0.15) is 0 Å². The van der Waals surface area contributed by atoms with Gasteiger partial charge in [0.2, 0.25) is 0 Å². The molecule has 6 nitrogen and oxygen atoms in total. The fraction of sp³-hybridized carbons (Fsp3) is 0.100. The van der Waals surface area contributed by atoms with Crippen molar-refractivity contribution >= 4 is 57.0 Å². The van der Waals surface area contributed by atoms with Gasteiger partial charge in [-0.05, 0) is 30.3 Å². The first-order valence-corrected chi connectivity index (χ1v) is 9.55. The van der Waals surface area contributed by atoms with E-state index in [0.29, 0.717) is 32.1 Å². The van der Waals surface area contributed by atoms with Crippen LogP contribution >= 0.6 is 24.0 Å². The van der Waals surface area contributed by atoms with Crippen LogP contribution in [0.2, 0.25) is 0 Å². The van der Waals surface area contributed by atoms with E-state index in [1.165, 1.54) is 23.8 Å². The third kappa shape index (κ3) is 3.32. The van der Waals surface area contributed by atoms with Crippen LogP contribution in [0, 0.1) is 0 Å². The maximum Gasteiger partial charge on any atom is 0.270 e. The molecule has 0 radical (unpaired) electrons. The molecule has 0 spiro atoms. The number of para-hydroxylation sites is 2. The Morgan fingerprint density at radius 3 is 2.64 bits per heavy atom. The average Bonchev–Trinajstić information content (AvgIpc) is 3.00. The summed E-state index contributed by atoms with van der Waals surface area (Å²) in [6.07, 6.45) is 3.34. The molecule has 8 heteroatoms. The van der Waals surface area contributed by atoms with Gasteiger partial charge in [0.25, 0.3) is 5.91 Å². The second-order valence-corrected chi connectivity index (χ2v) is 7.51. The van der Waals surface area contributed by atoms with Gasteiger partial charge in [0.15, 0.2) is 4.32 Å². The number of anilines is 1. The lowest BCUT2D eigenvalue weighted by Crippen LogP contribution is -2.27. The van der Waals surface area contributed by atoms with Crippen molar-refractivity contribution in [3.63, 3.8) is 0 Å². The van der Waals surface area contributed by atoms with Crippen molar-refractivity contribution in [1.29, 1.82) is 0 Å². The van der Waals surface area contributed by atoms with E-state index >= 15 is 0 Å².